The number of carbonyl (C=O) groups is 1. The summed E-state index contributed by atoms with van der Waals surface area (Å²) < 4.78 is 5.88. The van der Waals surface area contributed by atoms with E-state index in [-0.39, 0.29) is 24.0 Å². The Balaban J connectivity index is 2.05. The molecule has 5 nitrogen and oxygen atoms in total. The highest BCUT2D eigenvalue weighted by atomic mass is 35.5. The van der Waals surface area contributed by atoms with Gasteiger partial charge in [-0.3, -0.25) is 9.78 Å². The summed E-state index contributed by atoms with van der Waals surface area (Å²) in [5.74, 6) is -0.0448. The first-order valence-electron chi connectivity index (χ1n) is 10.6. The first-order valence-corrected chi connectivity index (χ1v) is 11.0. The maximum absolute atomic E-state index is 12.2. The third-order valence-corrected chi connectivity index (χ3v) is 5.59. The summed E-state index contributed by atoms with van der Waals surface area (Å²) in [5, 5.41) is 3.74. The Hall–Kier alpha value is -2.11. The van der Waals surface area contributed by atoms with Crippen molar-refractivity contribution in [2.24, 2.45) is 5.92 Å². The van der Waals surface area contributed by atoms with Crippen molar-refractivity contribution in [3.63, 3.8) is 0 Å². The van der Waals surface area contributed by atoms with Crippen molar-refractivity contribution in [2.75, 3.05) is 18.0 Å². The van der Waals surface area contributed by atoms with Crippen LogP contribution >= 0.6 is 11.6 Å². The molecular weight excluding hydrogens is 398 g/mol. The van der Waals surface area contributed by atoms with Crippen LogP contribution in [0.4, 0.5) is 5.69 Å². The molecule has 30 heavy (non-hydrogen) atoms. The normalized spacial score (nSPS) is 19.3. The van der Waals surface area contributed by atoms with Crippen LogP contribution in [-0.4, -0.2) is 36.2 Å². The molecule has 1 aromatic carbocycles. The minimum absolute atomic E-state index is 0.0261. The second-order valence-electron chi connectivity index (χ2n) is 8.64. The number of halogens is 1. The number of hydrogen-bond donors (Lipinski definition) is 1. The molecule has 2 atom stereocenters. The fraction of sp³-hybridized carbons (Fsp3) is 0.500. The SMILES string of the molecule is Cc1cc(-c2c(Cl)cc(N3CC(C)OC(C)C3)cc2CNC(=O)C(C)C)cc(C)n1. The fourth-order valence-corrected chi connectivity index (χ4v) is 4.39. The van der Waals surface area contributed by atoms with Gasteiger partial charge in [-0.2, -0.15) is 0 Å². The molecular formula is C24H32ClN3O2. The van der Waals surface area contributed by atoms with Gasteiger partial charge in [0.15, 0.2) is 0 Å². The van der Waals surface area contributed by atoms with Gasteiger partial charge >= 0.3 is 0 Å². The van der Waals surface area contributed by atoms with Gasteiger partial charge in [-0.25, -0.2) is 0 Å². The lowest BCUT2D eigenvalue weighted by molar-refractivity contribution is -0.124. The summed E-state index contributed by atoms with van der Waals surface area (Å²) >= 11 is 6.85. The van der Waals surface area contributed by atoms with E-state index in [1.54, 1.807) is 0 Å². The number of nitrogens with one attached hydrogen (secondary N) is 1. The average Bonchev–Trinajstić information content (AvgIpc) is 2.63. The Bertz CT molecular complexity index is 899. The second kappa shape index (κ2) is 9.36. The minimum atomic E-state index is -0.0709. The molecule has 1 saturated heterocycles. The molecule has 0 aliphatic carbocycles. The summed E-state index contributed by atoms with van der Waals surface area (Å²) in [4.78, 5) is 19.0. The predicted molar refractivity (Wildman–Crippen MR) is 123 cm³/mol. The van der Waals surface area contributed by atoms with E-state index in [0.29, 0.717) is 11.6 Å². The van der Waals surface area contributed by atoms with E-state index in [1.807, 2.05) is 45.9 Å². The largest absolute Gasteiger partial charge is 0.372 e. The molecule has 1 aromatic heterocycles. The highest BCUT2D eigenvalue weighted by molar-refractivity contribution is 6.33. The highest BCUT2D eigenvalue weighted by Gasteiger charge is 2.24. The number of carbonyl (C=O) groups excluding carboxylic acids is 1. The number of aromatic nitrogens is 1. The van der Waals surface area contributed by atoms with Gasteiger partial charge in [-0.05, 0) is 63.1 Å². The molecule has 1 N–H and O–H groups in total. The quantitative estimate of drug-likeness (QED) is 0.734. The molecule has 1 aliphatic rings. The van der Waals surface area contributed by atoms with Crippen LogP contribution in [0.25, 0.3) is 11.1 Å². The number of rotatable bonds is 5. The Morgan fingerprint density at radius 1 is 1.17 bits per heavy atom. The van der Waals surface area contributed by atoms with Crippen LogP contribution in [0.3, 0.4) is 0 Å². The molecule has 2 aromatic rings. The summed E-state index contributed by atoms with van der Waals surface area (Å²) in [6.07, 6.45) is 0.309. The summed E-state index contributed by atoms with van der Waals surface area (Å²) in [5.41, 5.74) is 5.92. The van der Waals surface area contributed by atoms with Crippen LogP contribution in [0, 0.1) is 19.8 Å². The molecule has 0 spiro atoms. The van der Waals surface area contributed by atoms with E-state index >= 15 is 0 Å². The first kappa shape index (κ1) is 22.6. The van der Waals surface area contributed by atoms with Crippen molar-refractivity contribution in [2.45, 2.75) is 60.3 Å². The third kappa shape index (κ3) is 5.32. The number of nitrogens with zero attached hydrogens (tertiary/aromatic N) is 2. The van der Waals surface area contributed by atoms with E-state index in [1.165, 1.54) is 0 Å². The molecule has 0 saturated carbocycles. The molecule has 0 radical (unpaired) electrons. The van der Waals surface area contributed by atoms with Crippen molar-refractivity contribution in [1.29, 1.82) is 0 Å². The fourth-order valence-electron chi connectivity index (χ4n) is 4.05. The molecule has 2 heterocycles. The Morgan fingerprint density at radius 2 is 1.77 bits per heavy atom. The van der Waals surface area contributed by atoms with E-state index < -0.39 is 0 Å². The number of anilines is 1. The van der Waals surface area contributed by atoms with E-state index in [9.17, 15) is 4.79 Å². The first-order chi connectivity index (χ1) is 14.1. The molecule has 1 fully saturated rings. The number of hydrogen-bond acceptors (Lipinski definition) is 4. The number of pyridine rings is 1. The molecule has 0 bridgehead atoms. The smallest absolute Gasteiger partial charge is 0.222 e. The molecule has 1 aliphatic heterocycles. The molecule has 3 rings (SSSR count). The van der Waals surface area contributed by atoms with Crippen LogP contribution in [0.5, 0.6) is 0 Å². The maximum atomic E-state index is 12.2. The van der Waals surface area contributed by atoms with Gasteiger partial charge in [0.1, 0.15) is 0 Å². The van der Waals surface area contributed by atoms with Gasteiger partial charge in [0.2, 0.25) is 5.91 Å². The Kier molecular flexibility index (Phi) is 7.04. The van der Waals surface area contributed by atoms with E-state index in [4.69, 9.17) is 16.3 Å². The topological polar surface area (TPSA) is 54.5 Å². The zero-order valence-electron chi connectivity index (χ0n) is 18.8. The molecule has 6 heteroatoms. The number of amides is 1. The van der Waals surface area contributed by atoms with Crippen molar-refractivity contribution in [1.82, 2.24) is 10.3 Å². The number of benzene rings is 1. The third-order valence-electron chi connectivity index (χ3n) is 5.29. The van der Waals surface area contributed by atoms with Crippen molar-refractivity contribution in [3.8, 4) is 11.1 Å². The van der Waals surface area contributed by atoms with Crippen molar-refractivity contribution in [3.05, 3.63) is 46.2 Å². The van der Waals surface area contributed by atoms with E-state index in [2.05, 4.69) is 35.1 Å². The maximum Gasteiger partial charge on any atom is 0.222 e. The van der Waals surface area contributed by atoms with Gasteiger partial charge < -0.3 is 15.0 Å². The van der Waals surface area contributed by atoms with Gasteiger partial charge in [-0.15, -0.1) is 0 Å². The summed E-state index contributed by atoms with van der Waals surface area (Å²) in [6.45, 7) is 14.0. The van der Waals surface area contributed by atoms with Crippen LogP contribution in [0.2, 0.25) is 5.02 Å². The zero-order valence-corrected chi connectivity index (χ0v) is 19.5. The average molecular weight is 430 g/mol. The standard InChI is InChI=1S/C24H32ClN3O2/c1-14(2)24(29)26-11-20-9-21(28-12-17(5)30-18(6)13-28)10-22(25)23(20)19-7-15(3)27-16(4)8-19/h7-10,14,17-18H,11-13H2,1-6H3,(H,26,29). The van der Waals surface area contributed by atoms with E-state index in [0.717, 1.165) is 46.9 Å². The highest BCUT2D eigenvalue weighted by Crippen LogP contribution is 2.37. The summed E-state index contributed by atoms with van der Waals surface area (Å²) in [6, 6.07) is 8.26. The van der Waals surface area contributed by atoms with Gasteiger partial charge in [0, 0.05) is 48.2 Å². The molecule has 162 valence electrons. The predicted octanol–water partition coefficient (Wildman–Crippen LogP) is 4.90. The van der Waals surface area contributed by atoms with Crippen LogP contribution in [-0.2, 0) is 16.1 Å². The Morgan fingerprint density at radius 3 is 2.33 bits per heavy atom. The van der Waals surface area contributed by atoms with Gasteiger partial charge in [0.25, 0.3) is 0 Å². The zero-order chi connectivity index (χ0) is 22.0. The van der Waals surface area contributed by atoms with Crippen molar-refractivity contribution >= 4 is 23.2 Å². The van der Waals surface area contributed by atoms with Crippen LogP contribution < -0.4 is 10.2 Å². The lowest BCUT2D eigenvalue weighted by Crippen LogP contribution is -2.45. The van der Waals surface area contributed by atoms with Crippen LogP contribution in [0.15, 0.2) is 24.3 Å². The lowest BCUT2D eigenvalue weighted by atomic mass is 9.97. The molecule has 1 amide bonds. The number of aryl methyl sites for hydroxylation is 2. The second-order valence-corrected chi connectivity index (χ2v) is 9.04. The van der Waals surface area contributed by atoms with Gasteiger partial charge in [-0.1, -0.05) is 25.4 Å². The van der Waals surface area contributed by atoms with Crippen molar-refractivity contribution < 1.29 is 9.53 Å². The van der Waals surface area contributed by atoms with Gasteiger partial charge in [0.05, 0.1) is 17.2 Å². The molecule has 2 unspecified atom stereocenters. The monoisotopic (exact) mass is 429 g/mol. The summed E-state index contributed by atoms with van der Waals surface area (Å²) in [7, 11) is 0. The van der Waals surface area contributed by atoms with Crippen LogP contribution in [0.1, 0.15) is 44.6 Å². The number of morpholine rings is 1. The number of ether oxygens (including phenoxy) is 1. The minimum Gasteiger partial charge on any atom is -0.372 e. The Labute approximate surface area is 184 Å². The lowest BCUT2D eigenvalue weighted by Gasteiger charge is -2.37.